The number of nitrogens with zero attached hydrogens (tertiary/aromatic N) is 1. The minimum atomic E-state index is -0.903. The Labute approximate surface area is 182 Å². The van der Waals surface area contributed by atoms with Gasteiger partial charge in [0.15, 0.2) is 11.5 Å². The number of urea groups is 1. The molecule has 2 aliphatic heterocycles. The maximum Gasteiger partial charge on any atom is 0.325 e. The Morgan fingerprint density at radius 2 is 1.94 bits per heavy atom. The van der Waals surface area contributed by atoms with Gasteiger partial charge in [-0.05, 0) is 55.2 Å². The first-order valence-corrected chi connectivity index (χ1v) is 10.9. The fourth-order valence-corrected chi connectivity index (χ4v) is 5.49. The molecule has 3 atom stereocenters. The van der Waals surface area contributed by atoms with Crippen molar-refractivity contribution in [3.05, 3.63) is 23.8 Å². The smallest absolute Gasteiger partial charge is 0.325 e. The summed E-state index contributed by atoms with van der Waals surface area (Å²) in [6.07, 6.45) is 2.19. The molecule has 0 radical (unpaired) electrons. The molecule has 3 aliphatic rings. The summed E-state index contributed by atoms with van der Waals surface area (Å²) in [5.41, 5.74) is -0.0971. The van der Waals surface area contributed by atoms with Crippen LogP contribution in [0.25, 0.3) is 0 Å². The number of hydrogen-bond donors (Lipinski definition) is 2. The number of benzene rings is 1. The Balaban J connectivity index is 1.41. The van der Waals surface area contributed by atoms with Gasteiger partial charge in [0.05, 0.1) is 6.04 Å². The Morgan fingerprint density at radius 3 is 2.65 bits per heavy atom. The van der Waals surface area contributed by atoms with Crippen LogP contribution in [0, 0.1) is 11.3 Å². The lowest BCUT2D eigenvalue weighted by molar-refractivity contribution is -0.137. The molecule has 0 bridgehead atoms. The number of carbonyl (C=O) groups excluding carboxylic acids is 3. The first-order chi connectivity index (χ1) is 14.6. The highest BCUT2D eigenvalue weighted by atomic mass is 16.6. The third-order valence-corrected chi connectivity index (χ3v) is 6.37. The monoisotopic (exact) mass is 429 g/mol. The third kappa shape index (κ3) is 4.20. The standard InChI is InChI=1S/C23H31N3O5/c1-14-10-22(3,4)13-23(11-14)20(28)26(21(29)25-23)12-19(27)24-15(2)16-5-6-17-18(9-16)31-8-7-30-17/h5-6,9,14-15H,7-8,10-13H2,1-4H3,(H,24,27)(H,25,29)/t14-,15-,23-/m0/s1. The van der Waals surface area contributed by atoms with E-state index >= 15 is 0 Å². The Morgan fingerprint density at radius 1 is 1.23 bits per heavy atom. The van der Waals surface area contributed by atoms with Gasteiger partial charge in [0, 0.05) is 0 Å². The van der Waals surface area contributed by atoms with E-state index in [1.165, 1.54) is 0 Å². The highest BCUT2D eigenvalue weighted by Crippen LogP contribution is 2.46. The van der Waals surface area contributed by atoms with E-state index in [9.17, 15) is 14.4 Å². The Kier molecular flexibility index (Phi) is 5.35. The number of imide groups is 1. The van der Waals surface area contributed by atoms with Crippen molar-refractivity contribution in [3.8, 4) is 11.5 Å². The number of carbonyl (C=O) groups is 3. The molecule has 1 aromatic carbocycles. The maximum atomic E-state index is 13.2. The van der Waals surface area contributed by atoms with Gasteiger partial charge in [-0.3, -0.25) is 14.5 Å². The van der Waals surface area contributed by atoms with E-state index in [1.54, 1.807) is 0 Å². The summed E-state index contributed by atoms with van der Waals surface area (Å²) in [5, 5.41) is 5.78. The van der Waals surface area contributed by atoms with E-state index in [4.69, 9.17) is 9.47 Å². The summed E-state index contributed by atoms with van der Waals surface area (Å²) in [6.45, 7) is 8.90. The summed E-state index contributed by atoms with van der Waals surface area (Å²) in [6, 6.07) is 4.73. The average Bonchev–Trinajstić information content (AvgIpc) is 2.89. The highest BCUT2D eigenvalue weighted by molar-refractivity contribution is 6.09. The van der Waals surface area contributed by atoms with Crippen LogP contribution in [0.3, 0.4) is 0 Å². The van der Waals surface area contributed by atoms with Gasteiger partial charge in [-0.1, -0.05) is 26.8 Å². The van der Waals surface area contributed by atoms with Gasteiger partial charge in [0.2, 0.25) is 5.91 Å². The van der Waals surface area contributed by atoms with Crippen molar-refractivity contribution >= 4 is 17.8 Å². The van der Waals surface area contributed by atoms with E-state index in [0.29, 0.717) is 43.5 Å². The van der Waals surface area contributed by atoms with Gasteiger partial charge < -0.3 is 20.1 Å². The van der Waals surface area contributed by atoms with Crippen molar-refractivity contribution in [1.82, 2.24) is 15.5 Å². The van der Waals surface area contributed by atoms with Crippen LogP contribution in [-0.4, -0.2) is 48.0 Å². The number of fused-ring (bicyclic) bond motifs is 1. The summed E-state index contributed by atoms with van der Waals surface area (Å²) in [4.78, 5) is 39.6. The lowest BCUT2D eigenvalue weighted by atomic mass is 9.64. The molecule has 4 rings (SSSR count). The summed E-state index contributed by atoms with van der Waals surface area (Å²) in [7, 11) is 0. The molecule has 2 fully saturated rings. The first kappa shape index (κ1) is 21.5. The molecule has 1 saturated carbocycles. The normalized spacial score (nSPS) is 27.7. The average molecular weight is 430 g/mol. The molecule has 2 N–H and O–H groups in total. The zero-order valence-corrected chi connectivity index (χ0v) is 18.6. The van der Waals surface area contributed by atoms with Crippen LogP contribution in [0.2, 0.25) is 0 Å². The topological polar surface area (TPSA) is 97.0 Å². The molecule has 1 aromatic rings. The third-order valence-electron chi connectivity index (χ3n) is 6.37. The van der Waals surface area contributed by atoms with E-state index in [-0.39, 0.29) is 29.8 Å². The number of ether oxygens (including phenoxy) is 2. The van der Waals surface area contributed by atoms with Crippen LogP contribution in [0.5, 0.6) is 11.5 Å². The van der Waals surface area contributed by atoms with Crippen molar-refractivity contribution in [1.29, 1.82) is 0 Å². The zero-order valence-electron chi connectivity index (χ0n) is 18.6. The van der Waals surface area contributed by atoms with Crippen LogP contribution in [0.4, 0.5) is 4.79 Å². The number of hydrogen-bond acceptors (Lipinski definition) is 5. The van der Waals surface area contributed by atoms with Crippen molar-refractivity contribution in [2.45, 2.75) is 58.5 Å². The molecule has 2 heterocycles. The molecule has 0 aromatic heterocycles. The van der Waals surface area contributed by atoms with Crippen molar-refractivity contribution < 1.29 is 23.9 Å². The lowest BCUT2D eigenvalue weighted by Crippen LogP contribution is -2.54. The van der Waals surface area contributed by atoms with Crippen LogP contribution in [0.1, 0.15) is 58.6 Å². The minimum Gasteiger partial charge on any atom is -0.486 e. The molecule has 1 spiro atoms. The van der Waals surface area contributed by atoms with Crippen molar-refractivity contribution in [2.24, 2.45) is 11.3 Å². The van der Waals surface area contributed by atoms with E-state index in [2.05, 4.69) is 31.4 Å². The van der Waals surface area contributed by atoms with Crippen LogP contribution < -0.4 is 20.1 Å². The first-order valence-electron chi connectivity index (χ1n) is 10.9. The SMILES string of the molecule is C[C@H]1CC(C)(C)C[C@]2(C1)NC(=O)N(CC(=O)N[C@@H](C)c1ccc3c(c1)OCCO3)C2=O. The van der Waals surface area contributed by atoms with Gasteiger partial charge >= 0.3 is 6.03 Å². The second kappa shape index (κ2) is 7.73. The predicted octanol–water partition coefficient (Wildman–Crippen LogP) is 2.77. The molecule has 1 saturated heterocycles. The molecule has 31 heavy (non-hydrogen) atoms. The van der Waals surface area contributed by atoms with E-state index < -0.39 is 11.6 Å². The molecule has 8 nitrogen and oxygen atoms in total. The van der Waals surface area contributed by atoms with Gasteiger partial charge in [-0.15, -0.1) is 0 Å². The number of nitrogens with one attached hydrogen (secondary N) is 2. The van der Waals surface area contributed by atoms with Crippen molar-refractivity contribution in [3.63, 3.8) is 0 Å². The lowest BCUT2D eigenvalue weighted by Gasteiger charge is -2.43. The van der Waals surface area contributed by atoms with E-state index in [0.717, 1.165) is 16.9 Å². The van der Waals surface area contributed by atoms with Crippen LogP contribution in [0.15, 0.2) is 18.2 Å². The van der Waals surface area contributed by atoms with E-state index in [1.807, 2.05) is 25.1 Å². The summed E-state index contributed by atoms with van der Waals surface area (Å²) in [5.74, 6) is 0.972. The van der Waals surface area contributed by atoms with Gasteiger partial charge in [0.1, 0.15) is 25.3 Å². The Bertz CT molecular complexity index is 914. The largest absolute Gasteiger partial charge is 0.486 e. The van der Waals surface area contributed by atoms with Gasteiger partial charge in [-0.25, -0.2) is 4.79 Å². The van der Waals surface area contributed by atoms with Crippen molar-refractivity contribution in [2.75, 3.05) is 19.8 Å². The predicted molar refractivity (Wildman–Crippen MR) is 114 cm³/mol. The van der Waals surface area contributed by atoms with Gasteiger partial charge in [-0.2, -0.15) is 0 Å². The minimum absolute atomic E-state index is 0.0500. The molecular weight excluding hydrogens is 398 g/mol. The molecular formula is C23H31N3O5. The van der Waals surface area contributed by atoms with Gasteiger partial charge in [0.25, 0.3) is 5.91 Å². The molecule has 8 heteroatoms. The maximum absolute atomic E-state index is 13.2. The molecule has 0 unspecified atom stereocenters. The summed E-state index contributed by atoms with van der Waals surface area (Å²) >= 11 is 0. The second-order valence-electron chi connectivity index (χ2n) is 9.95. The van der Waals surface area contributed by atoms with Crippen LogP contribution in [-0.2, 0) is 9.59 Å². The molecule has 168 valence electrons. The highest BCUT2D eigenvalue weighted by Gasteiger charge is 2.56. The molecule has 1 aliphatic carbocycles. The zero-order chi connectivity index (χ0) is 22.4. The number of amides is 4. The summed E-state index contributed by atoms with van der Waals surface area (Å²) < 4.78 is 11.1. The molecule has 4 amide bonds. The number of rotatable bonds is 4. The second-order valence-corrected chi connectivity index (χ2v) is 9.95. The fourth-order valence-electron chi connectivity index (χ4n) is 5.49. The fraction of sp³-hybridized carbons (Fsp3) is 0.609. The Hall–Kier alpha value is -2.77. The quantitative estimate of drug-likeness (QED) is 0.718. The van der Waals surface area contributed by atoms with Crippen LogP contribution >= 0.6 is 0 Å².